The van der Waals surface area contributed by atoms with E-state index in [4.69, 9.17) is 4.74 Å². The number of nitrogens with one attached hydrogen (secondary N) is 2. The molecule has 1 fully saturated rings. The molecule has 0 atom stereocenters. The summed E-state index contributed by atoms with van der Waals surface area (Å²) in [5.41, 5.74) is 1.52. The average Bonchev–Trinajstić information content (AvgIpc) is 2.81. The molecular formula is C21H23N7O2. The highest BCUT2D eigenvalue weighted by molar-refractivity contribution is 5.91. The number of ether oxygens (including phenoxy) is 1. The predicted molar refractivity (Wildman–Crippen MR) is 115 cm³/mol. The van der Waals surface area contributed by atoms with Gasteiger partial charge in [0.25, 0.3) is 0 Å². The first-order valence-corrected chi connectivity index (χ1v) is 9.67. The van der Waals surface area contributed by atoms with Crippen LogP contribution in [0.1, 0.15) is 0 Å². The van der Waals surface area contributed by atoms with Crippen molar-refractivity contribution in [3.05, 3.63) is 60.9 Å². The number of carbonyl (C=O) groups is 1. The molecule has 30 heavy (non-hydrogen) atoms. The van der Waals surface area contributed by atoms with E-state index in [0.717, 1.165) is 11.5 Å². The molecule has 3 aromatic rings. The molecule has 1 aliphatic heterocycles. The SMILES string of the molecule is COc1ccccc1NC(=O)N1CCN(c2ccc(Nc3cccnc3)nn2)CC1. The van der Waals surface area contributed by atoms with Gasteiger partial charge in [-0.2, -0.15) is 0 Å². The van der Waals surface area contributed by atoms with E-state index in [1.807, 2.05) is 48.5 Å². The van der Waals surface area contributed by atoms with Gasteiger partial charge in [0.15, 0.2) is 11.6 Å². The topological polar surface area (TPSA) is 95.5 Å². The summed E-state index contributed by atoms with van der Waals surface area (Å²) in [5, 5.41) is 14.6. The maximum absolute atomic E-state index is 12.6. The molecule has 0 bridgehead atoms. The van der Waals surface area contributed by atoms with E-state index < -0.39 is 0 Å². The molecule has 0 unspecified atom stereocenters. The van der Waals surface area contributed by atoms with Crippen LogP contribution in [0.3, 0.4) is 0 Å². The summed E-state index contributed by atoms with van der Waals surface area (Å²) in [7, 11) is 1.59. The Morgan fingerprint density at radius 3 is 2.53 bits per heavy atom. The molecule has 154 valence electrons. The van der Waals surface area contributed by atoms with Crippen LogP contribution in [0, 0.1) is 0 Å². The van der Waals surface area contributed by atoms with E-state index in [9.17, 15) is 4.79 Å². The Hall–Kier alpha value is -3.88. The number of aromatic nitrogens is 3. The van der Waals surface area contributed by atoms with Gasteiger partial charge in [-0.1, -0.05) is 12.1 Å². The van der Waals surface area contributed by atoms with Crippen molar-refractivity contribution >= 4 is 29.0 Å². The van der Waals surface area contributed by atoms with Crippen molar-refractivity contribution in [2.24, 2.45) is 0 Å². The smallest absolute Gasteiger partial charge is 0.322 e. The van der Waals surface area contributed by atoms with E-state index in [2.05, 4.69) is 30.7 Å². The number of benzene rings is 1. The summed E-state index contributed by atoms with van der Waals surface area (Å²) in [6.07, 6.45) is 3.45. The van der Waals surface area contributed by atoms with Crippen LogP contribution in [0.25, 0.3) is 0 Å². The molecule has 4 rings (SSSR count). The molecule has 0 saturated carbocycles. The lowest BCUT2D eigenvalue weighted by Crippen LogP contribution is -2.50. The van der Waals surface area contributed by atoms with Gasteiger partial charge < -0.3 is 25.2 Å². The Morgan fingerprint density at radius 1 is 1.00 bits per heavy atom. The largest absolute Gasteiger partial charge is 0.495 e. The maximum atomic E-state index is 12.6. The first-order chi connectivity index (χ1) is 14.7. The van der Waals surface area contributed by atoms with E-state index in [0.29, 0.717) is 43.4 Å². The van der Waals surface area contributed by atoms with Gasteiger partial charge in [-0.3, -0.25) is 4.98 Å². The van der Waals surface area contributed by atoms with Gasteiger partial charge in [0.1, 0.15) is 5.75 Å². The molecule has 2 N–H and O–H groups in total. The number of methoxy groups -OCH3 is 1. The second-order valence-corrected chi connectivity index (χ2v) is 6.75. The van der Waals surface area contributed by atoms with Crippen LogP contribution >= 0.6 is 0 Å². The third-order valence-electron chi connectivity index (χ3n) is 4.82. The fourth-order valence-corrected chi connectivity index (χ4v) is 3.23. The van der Waals surface area contributed by atoms with E-state index in [1.54, 1.807) is 24.4 Å². The number of carbonyl (C=O) groups excluding carboxylic acids is 1. The Bertz CT molecular complexity index is 974. The van der Waals surface area contributed by atoms with Crippen LogP contribution in [0.4, 0.5) is 27.8 Å². The predicted octanol–water partition coefficient (Wildman–Crippen LogP) is 2.98. The Morgan fingerprint density at radius 2 is 1.83 bits per heavy atom. The van der Waals surface area contributed by atoms with Gasteiger partial charge in [0.05, 0.1) is 24.7 Å². The first kappa shape index (κ1) is 19.4. The van der Waals surface area contributed by atoms with E-state index in [-0.39, 0.29) is 6.03 Å². The van der Waals surface area contributed by atoms with Gasteiger partial charge >= 0.3 is 6.03 Å². The lowest BCUT2D eigenvalue weighted by molar-refractivity contribution is 0.208. The van der Waals surface area contributed by atoms with Crippen molar-refractivity contribution in [1.82, 2.24) is 20.1 Å². The van der Waals surface area contributed by atoms with E-state index in [1.165, 1.54) is 0 Å². The highest BCUT2D eigenvalue weighted by Gasteiger charge is 2.22. The normalized spacial score (nSPS) is 13.6. The molecule has 2 aromatic heterocycles. The van der Waals surface area contributed by atoms with Crippen molar-refractivity contribution < 1.29 is 9.53 Å². The minimum atomic E-state index is -0.138. The number of rotatable bonds is 5. The molecule has 9 nitrogen and oxygen atoms in total. The number of para-hydroxylation sites is 2. The number of nitrogens with zero attached hydrogens (tertiary/aromatic N) is 5. The number of hydrogen-bond donors (Lipinski definition) is 2. The highest BCUT2D eigenvalue weighted by Crippen LogP contribution is 2.24. The Labute approximate surface area is 174 Å². The van der Waals surface area contributed by atoms with Crippen LogP contribution in [0.5, 0.6) is 5.75 Å². The second kappa shape index (κ2) is 9.08. The zero-order valence-electron chi connectivity index (χ0n) is 16.7. The monoisotopic (exact) mass is 405 g/mol. The maximum Gasteiger partial charge on any atom is 0.322 e. The molecule has 2 amide bonds. The van der Waals surface area contributed by atoms with Gasteiger partial charge in [-0.05, 0) is 36.4 Å². The number of pyridine rings is 1. The van der Waals surface area contributed by atoms with Gasteiger partial charge in [-0.25, -0.2) is 4.79 Å². The minimum Gasteiger partial charge on any atom is -0.495 e. The van der Waals surface area contributed by atoms with Gasteiger partial charge in [-0.15, -0.1) is 10.2 Å². The number of urea groups is 1. The number of hydrogen-bond acceptors (Lipinski definition) is 7. The molecule has 0 aliphatic carbocycles. The fourth-order valence-electron chi connectivity index (χ4n) is 3.23. The summed E-state index contributed by atoms with van der Waals surface area (Å²) < 4.78 is 5.29. The first-order valence-electron chi connectivity index (χ1n) is 9.67. The van der Waals surface area contributed by atoms with Gasteiger partial charge in [0.2, 0.25) is 0 Å². The van der Waals surface area contributed by atoms with Crippen molar-refractivity contribution in [3.8, 4) is 5.75 Å². The van der Waals surface area contributed by atoms with Crippen molar-refractivity contribution in [2.75, 3.05) is 48.8 Å². The van der Waals surface area contributed by atoms with Crippen LogP contribution in [0.2, 0.25) is 0 Å². The highest BCUT2D eigenvalue weighted by atomic mass is 16.5. The number of anilines is 4. The zero-order chi connectivity index (χ0) is 20.8. The lowest BCUT2D eigenvalue weighted by Gasteiger charge is -2.35. The van der Waals surface area contributed by atoms with Crippen LogP contribution < -0.4 is 20.3 Å². The van der Waals surface area contributed by atoms with Crippen LogP contribution in [-0.2, 0) is 0 Å². The lowest BCUT2D eigenvalue weighted by atomic mass is 10.3. The van der Waals surface area contributed by atoms with Crippen molar-refractivity contribution in [2.45, 2.75) is 0 Å². The molecule has 9 heteroatoms. The molecule has 1 aliphatic rings. The van der Waals surface area contributed by atoms with Crippen LogP contribution in [-0.4, -0.2) is 59.4 Å². The standard InChI is InChI=1S/C21H23N7O2/c1-30-18-7-3-2-6-17(18)24-21(29)28-13-11-27(12-14-28)20-9-8-19(25-26-20)23-16-5-4-10-22-15-16/h2-10,15H,11-14H2,1H3,(H,23,25)(H,24,29). The zero-order valence-corrected chi connectivity index (χ0v) is 16.7. The summed E-state index contributed by atoms with van der Waals surface area (Å²) in [5.74, 6) is 2.08. The quantitative estimate of drug-likeness (QED) is 0.674. The average molecular weight is 405 g/mol. The summed E-state index contributed by atoms with van der Waals surface area (Å²) in [4.78, 5) is 20.6. The van der Waals surface area contributed by atoms with Crippen LogP contribution in [0.15, 0.2) is 60.9 Å². The molecule has 3 heterocycles. The molecule has 1 aromatic carbocycles. The van der Waals surface area contributed by atoms with Crippen molar-refractivity contribution in [1.29, 1.82) is 0 Å². The summed E-state index contributed by atoms with van der Waals surface area (Å²) in [6, 6.07) is 14.8. The fraction of sp³-hybridized carbons (Fsp3) is 0.238. The summed E-state index contributed by atoms with van der Waals surface area (Å²) >= 11 is 0. The summed E-state index contributed by atoms with van der Waals surface area (Å²) in [6.45, 7) is 2.56. The number of amides is 2. The second-order valence-electron chi connectivity index (χ2n) is 6.75. The third-order valence-corrected chi connectivity index (χ3v) is 4.82. The third kappa shape index (κ3) is 4.57. The minimum absolute atomic E-state index is 0.138. The number of piperazine rings is 1. The molecule has 0 spiro atoms. The van der Waals surface area contributed by atoms with Crippen molar-refractivity contribution in [3.63, 3.8) is 0 Å². The Balaban J connectivity index is 1.31. The molecule has 1 saturated heterocycles. The Kier molecular flexibility index (Phi) is 5.88. The van der Waals surface area contributed by atoms with Gasteiger partial charge in [0, 0.05) is 32.4 Å². The molecular weight excluding hydrogens is 382 g/mol. The molecule has 0 radical (unpaired) electrons. The van der Waals surface area contributed by atoms with E-state index >= 15 is 0 Å².